The van der Waals surface area contributed by atoms with Crippen LogP contribution < -0.4 is 11.1 Å². The lowest BCUT2D eigenvalue weighted by atomic mass is 10.0. The average Bonchev–Trinajstić information content (AvgIpc) is 2.76. The van der Waals surface area contributed by atoms with E-state index in [1.54, 1.807) is 24.3 Å². The summed E-state index contributed by atoms with van der Waals surface area (Å²) in [5.74, 6) is -0.866. The molecule has 0 saturated carbocycles. The predicted molar refractivity (Wildman–Crippen MR) is 124 cm³/mol. The number of rotatable bonds is 11. The molecule has 0 heterocycles. The van der Waals surface area contributed by atoms with E-state index in [0.717, 1.165) is 16.7 Å². The third-order valence-corrected chi connectivity index (χ3v) is 4.40. The quantitative estimate of drug-likeness (QED) is 0.396. The highest BCUT2D eigenvalue weighted by Gasteiger charge is 2.18. The maximum Gasteiger partial charge on any atom is 0.338 e. The van der Waals surface area contributed by atoms with Gasteiger partial charge in [0.1, 0.15) is 12.6 Å². The molecule has 2 aromatic carbocycles. The first-order chi connectivity index (χ1) is 14.9. The van der Waals surface area contributed by atoms with E-state index in [9.17, 15) is 14.9 Å². The van der Waals surface area contributed by atoms with Gasteiger partial charge in [-0.25, -0.2) is 4.79 Å². The molecule has 2 atom stereocenters. The van der Waals surface area contributed by atoms with Crippen molar-refractivity contribution in [1.82, 2.24) is 5.32 Å². The molecule has 0 fully saturated rings. The fourth-order valence-corrected chi connectivity index (χ4v) is 2.88. The number of amides is 1. The number of aryl methyl sites for hydroxylation is 1. The van der Waals surface area contributed by atoms with E-state index >= 15 is 0 Å². The molecule has 2 unspecified atom stereocenters. The summed E-state index contributed by atoms with van der Waals surface area (Å²) in [6.45, 7) is 5.77. The fraction of sp³-hybridized carbons (Fsp3) is 0.292. The number of ether oxygens (including phenoxy) is 2. The van der Waals surface area contributed by atoms with Gasteiger partial charge >= 0.3 is 5.97 Å². The predicted octanol–water partition coefficient (Wildman–Crippen LogP) is 2.85. The van der Waals surface area contributed by atoms with Gasteiger partial charge in [-0.3, -0.25) is 4.79 Å². The monoisotopic (exact) mass is 457 g/mol. The molecule has 8 heteroatoms. The highest BCUT2D eigenvalue weighted by Crippen LogP contribution is 2.09. The van der Waals surface area contributed by atoms with Gasteiger partial charge in [0.25, 0.3) is 0 Å². The summed E-state index contributed by atoms with van der Waals surface area (Å²) in [5, 5.41) is 11.9. The van der Waals surface area contributed by atoms with Crippen molar-refractivity contribution in [1.29, 1.82) is 5.26 Å². The Hall–Kier alpha value is -3.18. The molecule has 1 amide bonds. The molecule has 0 saturated heterocycles. The lowest BCUT2D eigenvalue weighted by Gasteiger charge is -2.16. The minimum absolute atomic E-state index is 0. The van der Waals surface area contributed by atoms with Crippen LogP contribution in [0.15, 0.2) is 61.2 Å². The highest BCUT2D eigenvalue weighted by atomic mass is 35.5. The Balaban J connectivity index is 0.00000512. The summed E-state index contributed by atoms with van der Waals surface area (Å²) in [5.41, 5.74) is 9.18. The van der Waals surface area contributed by atoms with Crippen molar-refractivity contribution in [3.63, 3.8) is 0 Å². The summed E-state index contributed by atoms with van der Waals surface area (Å²) in [6.07, 6.45) is 1.87. The number of carbonyl (C=O) groups excluding carboxylic acids is 2. The Morgan fingerprint density at radius 1 is 1.22 bits per heavy atom. The maximum absolute atomic E-state index is 12.3. The van der Waals surface area contributed by atoms with E-state index in [2.05, 4.69) is 11.9 Å². The summed E-state index contributed by atoms with van der Waals surface area (Å²) in [6, 6.07) is 15.0. The van der Waals surface area contributed by atoms with Crippen molar-refractivity contribution in [2.75, 3.05) is 13.2 Å². The molecule has 170 valence electrons. The maximum atomic E-state index is 12.3. The van der Waals surface area contributed by atoms with Gasteiger partial charge < -0.3 is 20.5 Å². The lowest BCUT2D eigenvalue weighted by molar-refractivity contribution is -0.123. The second-order valence-corrected chi connectivity index (χ2v) is 7.09. The van der Waals surface area contributed by atoms with Crippen LogP contribution in [-0.4, -0.2) is 37.2 Å². The van der Waals surface area contributed by atoms with E-state index < -0.39 is 24.0 Å². The molecule has 7 nitrogen and oxygen atoms in total. The lowest BCUT2D eigenvalue weighted by Crippen LogP contribution is -2.47. The zero-order chi connectivity index (χ0) is 22.6. The van der Waals surface area contributed by atoms with Crippen LogP contribution in [0.5, 0.6) is 0 Å². The van der Waals surface area contributed by atoms with Crippen molar-refractivity contribution < 1.29 is 19.1 Å². The minimum atomic E-state index is -0.836. The summed E-state index contributed by atoms with van der Waals surface area (Å²) >= 11 is 0. The van der Waals surface area contributed by atoms with Crippen LogP contribution in [0.4, 0.5) is 0 Å². The van der Waals surface area contributed by atoms with Gasteiger partial charge in [-0.1, -0.05) is 54.6 Å². The molecular weight excluding hydrogens is 430 g/mol. The van der Waals surface area contributed by atoms with Crippen LogP contribution in [-0.2, 0) is 27.3 Å². The number of benzene rings is 2. The summed E-state index contributed by atoms with van der Waals surface area (Å²) in [7, 11) is 0. The average molecular weight is 458 g/mol. The van der Waals surface area contributed by atoms with Gasteiger partial charge in [-0.2, -0.15) is 5.26 Å². The number of nitriles is 1. The van der Waals surface area contributed by atoms with E-state index in [4.69, 9.17) is 15.2 Å². The SMILES string of the molecule is C=CCOC(=O)c1cccc(COCC(C#N)NC(=O)C(N)Cc2cccc(C)c2)c1.Cl. The smallest absolute Gasteiger partial charge is 0.338 e. The molecule has 0 aromatic heterocycles. The Morgan fingerprint density at radius 3 is 2.62 bits per heavy atom. The van der Waals surface area contributed by atoms with E-state index in [0.29, 0.717) is 12.0 Å². The van der Waals surface area contributed by atoms with Gasteiger partial charge in [-0.05, 0) is 36.6 Å². The number of nitrogens with zero attached hydrogens (tertiary/aromatic N) is 1. The molecule has 3 N–H and O–H groups in total. The Kier molecular flexibility index (Phi) is 11.7. The van der Waals surface area contributed by atoms with Crippen LogP contribution in [0.25, 0.3) is 0 Å². The standard InChI is InChI=1S/C24H27N3O4.ClH/c1-3-10-31-24(29)20-9-5-8-19(12-20)15-30-16-21(14-25)27-23(28)22(26)13-18-7-4-6-17(2)11-18;/h3-9,11-12,21-22H,1,10,13,15-16,26H2,2H3,(H,27,28);1H. The van der Waals surface area contributed by atoms with Crippen molar-refractivity contribution >= 4 is 24.3 Å². The summed E-state index contributed by atoms with van der Waals surface area (Å²) < 4.78 is 10.6. The molecule has 32 heavy (non-hydrogen) atoms. The van der Waals surface area contributed by atoms with Crippen LogP contribution in [0.3, 0.4) is 0 Å². The fourth-order valence-electron chi connectivity index (χ4n) is 2.88. The Labute approximate surface area is 194 Å². The molecule has 0 aliphatic carbocycles. The van der Waals surface area contributed by atoms with Gasteiger partial charge in [-0.15, -0.1) is 12.4 Å². The van der Waals surface area contributed by atoms with Crippen LogP contribution in [0.2, 0.25) is 0 Å². The van der Waals surface area contributed by atoms with Crippen molar-refractivity contribution in [3.8, 4) is 6.07 Å². The zero-order valence-electron chi connectivity index (χ0n) is 18.0. The zero-order valence-corrected chi connectivity index (χ0v) is 18.8. The molecule has 0 bridgehead atoms. The molecule has 0 aliphatic heterocycles. The van der Waals surface area contributed by atoms with Gasteiger partial charge in [0.15, 0.2) is 0 Å². The second-order valence-electron chi connectivity index (χ2n) is 7.09. The topological polar surface area (TPSA) is 114 Å². The van der Waals surface area contributed by atoms with Crippen LogP contribution in [0, 0.1) is 18.3 Å². The third-order valence-electron chi connectivity index (χ3n) is 4.40. The molecule has 0 spiro atoms. The molecule has 0 radical (unpaired) electrons. The number of nitrogens with one attached hydrogen (secondary N) is 1. The number of esters is 1. The minimum Gasteiger partial charge on any atom is -0.458 e. The first-order valence-electron chi connectivity index (χ1n) is 9.88. The molecule has 2 rings (SSSR count). The van der Waals surface area contributed by atoms with E-state index in [1.165, 1.54) is 6.08 Å². The van der Waals surface area contributed by atoms with Gasteiger partial charge in [0.2, 0.25) is 5.91 Å². The molecule has 2 aromatic rings. The number of halogens is 1. The number of hydrogen-bond acceptors (Lipinski definition) is 6. The Bertz CT molecular complexity index is 958. The molecular formula is C24H28ClN3O4. The van der Waals surface area contributed by atoms with E-state index in [1.807, 2.05) is 37.3 Å². The largest absolute Gasteiger partial charge is 0.458 e. The number of carbonyl (C=O) groups is 2. The highest BCUT2D eigenvalue weighted by molar-refractivity contribution is 5.89. The first-order valence-corrected chi connectivity index (χ1v) is 9.88. The van der Waals surface area contributed by atoms with Gasteiger partial charge in [0.05, 0.1) is 30.9 Å². The van der Waals surface area contributed by atoms with Crippen LogP contribution in [0.1, 0.15) is 27.0 Å². The van der Waals surface area contributed by atoms with Crippen molar-refractivity contribution in [3.05, 3.63) is 83.4 Å². The van der Waals surface area contributed by atoms with Crippen molar-refractivity contribution in [2.45, 2.75) is 32.0 Å². The second kappa shape index (κ2) is 14.0. The number of nitrogens with two attached hydrogens (primary N) is 1. The number of hydrogen-bond donors (Lipinski definition) is 2. The Morgan fingerprint density at radius 2 is 1.94 bits per heavy atom. The molecule has 0 aliphatic rings. The van der Waals surface area contributed by atoms with Crippen LogP contribution >= 0.6 is 12.4 Å². The van der Waals surface area contributed by atoms with Crippen molar-refractivity contribution in [2.24, 2.45) is 5.73 Å². The third kappa shape index (κ3) is 8.90. The first kappa shape index (κ1) is 26.9. The van der Waals surface area contributed by atoms with E-state index in [-0.39, 0.29) is 32.2 Å². The van der Waals surface area contributed by atoms with Gasteiger partial charge in [0, 0.05) is 0 Å². The summed E-state index contributed by atoms with van der Waals surface area (Å²) in [4.78, 5) is 24.2. The normalized spacial score (nSPS) is 11.9.